The molecule has 134 valence electrons. The molecule has 1 amide bonds. The van der Waals surface area contributed by atoms with Crippen LogP contribution >= 0.6 is 0 Å². The normalized spacial score (nSPS) is 20.3. The second-order valence-electron chi connectivity index (χ2n) is 6.95. The zero-order chi connectivity index (χ0) is 18.4. The maximum absolute atomic E-state index is 12.5. The molecule has 0 radical (unpaired) electrons. The summed E-state index contributed by atoms with van der Waals surface area (Å²) in [6, 6.07) is 7.33. The smallest absolute Gasteiger partial charge is 0.331 e. The van der Waals surface area contributed by atoms with Crippen LogP contribution in [-0.4, -0.2) is 44.8 Å². The van der Waals surface area contributed by atoms with Crippen molar-refractivity contribution in [3.63, 3.8) is 0 Å². The fourth-order valence-electron chi connectivity index (χ4n) is 3.54. The van der Waals surface area contributed by atoms with E-state index in [1.54, 1.807) is 29.3 Å². The van der Waals surface area contributed by atoms with E-state index < -0.39 is 16.9 Å². The standard InChI is InChI=1S/C18H18N4O4/c19-12-17(4-5-17)15(23)21-9-6-18(7-10-21,16(24)25)22-8-3-13(20-22)14-2-1-11-26-14/h1-3,8,11H,4-7,9-10H2,(H,24,25). The molecular weight excluding hydrogens is 336 g/mol. The Balaban J connectivity index is 1.55. The Morgan fingerprint density at radius 2 is 1.96 bits per heavy atom. The molecule has 2 fully saturated rings. The molecule has 4 rings (SSSR count). The van der Waals surface area contributed by atoms with E-state index in [0.717, 1.165) is 0 Å². The quantitative estimate of drug-likeness (QED) is 0.896. The van der Waals surface area contributed by atoms with Crippen molar-refractivity contribution in [2.24, 2.45) is 5.41 Å². The number of nitriles is 1. The molecule has 0 bridgehead atoms. The van der Waals surface area contributed by atoms with Gasteiger partial charge in [0.2, 0.25) is 5.91 Å². The molecule has 1 N–H and O–H groups in total. The first kappa shape index (κ1) is 16.4. The monoisotopic (exact) mass is 354 g/mol. The zero-order valence-electron chi connectivity index (χ0n) is 14.1. The van der Waals surface area contributed by atoms with Crippen LogP contribution in [-0.2, 0) is 15.1 Å². The van der Waals surface area contributed by atoms with E-state index >= 15 is 0 Å². The van der Waals surface area contributed by atoms with Crippen molar-refractivity contribution in [2.75, 3.05) is 13.1 Å². The van der Waals surface area contributed by atoms with Gasteiger partial charge in [-0.25, -0.2) is 4.79 Å². The molecule has 2 aromatic rings. The maximum atomic E-state index is 12.5. The summed E-state index contributed by atoms with van der Waals surface area (Å²) < 4.78 is 6.78. The third-order valence-electron chi connectivity index (χ3n) is 5.45. The number of aromatic nitrogens is 2. The minimum absolute atomic E-state index is 0.171. The predicted molar refractivity (Wildman–Crippen MR) is 88.6 cm³/mol. The van der Waals surface area contributed by atoms with Crippen LogP contribution in [0.15, 0.2) is 35.1 Å². The molecule has 1 aliphatic carbocycles. The van der Waals surface area contributed by atoms with Crippen molar-refractivity contribution in [2.45, 2.75) is 31.2 Å². The highest BCUT2D eigenvalue weighted by molar-refractivity contribution is 5.88. The van der Waals surface area contributed by atoms with Crippen LogP contribution in [0.4, 0.5) is 0 Å². The molecule has 1 saturated carbocycles. The van der Waals surface area contributed by atoms with Gasteiger partial charge in [0.1, 0.15) is 11.1 Å². The van der Waals surface area contributed by atoms with E-state index in [-0.39, 0.29) is 18.7 Å². The van der Waals surface area contributed by atoms with Crippen molar-refractivity contribution < 1.29 is 19.1 Å². The number of amides is 1. The Labute approximate surface area is 149 Å². The summed E-state index contributed by atoms with van der Waals surface area (Å²) in [6.07, 6.45) is 4.85. The van der Waals surface area contributed by atoms with Crippen LogP contribution in [0, 0.1) is 16.7 Å². The molecule has 0 unspecified atom stereocenters. The fourth-order valence-corrected chi connectivity index (χ4v) is 3.54. The minimum Gasteiger partial charge on any atom is -0.479 e. The van der Waals surface area contributed by atoms with E-state index in [9.17, 15) is 20.0 Å². The Bertz CT molecular complexity index is 881. The predicted octanol–water partition coefficient (Wildman–Crippen LogP) is 1.85. The lowest BCUT2D eigenvalue weighted by molar-refractivity contribution is -0.154. The summed E-state index contributed by atoms with van der Waals surface area (Å²) in [5.41, 5.74) is -1.51. The lowest BCUT2D eigenvalue weighted by Crippen LogP contribution is -2.53. The molecule has 0 atom stereocenters. The number of rotatable bonds is 4. The Morgan fingerprint density at radius 1 is 1.23 bits per heavy atom. The van der Waals surface area contributed by atoms with Gasteiger partial charge in [0, 0.05) is 32.1 Å². The lowest BCUT2D eigenvalue weighted by Gasteiger charge is -2.39. The summed E-state index contributed by atoms with van der Waals surface area (Å²) in [5, 5.41) is 23.5. The molecule has 8 nitrogen and oxygen atoms in total. The summed E-state index contributed by atoms with van der Waals surface area (Å²) >= 11 is 0. The average Bonchev–Trinajstić information content (AvgIpc) is 3.05. The lowest BCUT2D eigenvalue weighted by atomic mass is 9.87. The summed E-state index contributed by atoms with van der Waals surface area (Å²) in [4.78, 5) is 26.2. The number of carbonyl (C=O) groups is 2. The van der Waals surface area contributed by atoms with Crippen molar-refractivity contribution in [1.29, 1.82) is 5.26 Å². The molecule has 0 spiro atoms. The van der Waals surface area contributed by atoms with Gasteiger partial charge < -0.3 is 14.4 Å². The maximum Gasteiger partial charge on any atom is 0.331 e. The molecule has 1 saturated heterocycles. The van der Waals surface area contributed by atoms with Gasteiger partial charge in [0.25, 0.3) is 0 Å². The number of aliphatic carboxylic acids is 1. The van der Waals surface area contributed by atoms with Gasteiger partial charge in [-0.05, 0) is 31.0 Å². The number of likely N-dealkylation sites (tertiary alicyclic amines) is 1. The Morgan fingerprint density at radius 3 is 2.50 bits per heavy atom. The first-order valence-corrected chi connectivity index (χ1v) is 8.55. The summed E-state index contributed by atoms with van der Waals surface area (Å²) in [7, 11) is 0. The van der Waals surface area contributed by atoms with Crippen LogP contribution in [0.5, 0.6) is 0 Å². The minimum atomic E-state index is -1.20. The van der Waals surface area contributed by atoms with Crippen molar-refractivity contribution in [1.82, 2.24) is 14.7 Å². The van der Waals surface area contributed by atoms with E-state index in [1.165, 1.54) is 10.9 Å². The second kappa shape index (κ2) is 5.73. The highest BCUT2D eigenvalue weighted by Crippen LogP contribution is 2.47. The third kappa shape index (κ3) is 2.39. The highest BCUT2D eigenvalue weighted by Gasteiger charge is 2.54. The molecule has 0 aromatic carbocycles. The van der Waals surface area contributed by atoms with Crippen molar-refractivity contribution in [3.05, 3.63) is 30.7 Å². The number of hydrogen-bond acceptors (Lipinski definition) is 5. The molecule has 26 heavy (non-hydrogen) atoms. The molecule has 1 aliphatic heterocycles. The van der Waals surface area contributed by atoms with E-state index in [4.69, 9.17) is 4.42 Å². The van der Waals surface area contributed by atoms with E-state index in [2.05, 4.69) is 11.2 Å². The third-order valence-corrected chi connectivity index (χ3v) is 5.45. The zero-order valence-corrected chi connectivity index (χ0v) is 14.1. The number of hydrogen-bond donors (Lipinski definition) is 1. The van der Waals surface area contributed by atoms with Gasteiger partial charge in [0.05, 0.1) is 12.3 Å². The van der Waals surface area contributed by atoms with Gasteiger partial charge in [-0.1, -0.05) is 0 Å². The van der Waals surface area contributed by atoms with Crippen molar-refractivity contribution >= 4 is 11.9 Å². The highest BCUT2D eigenvalue weighted by atomic mass is 16.4. The largest absolute Gasteiger partial charge is 0.479 e. The molecule has 8 heteroatoms. The molecule has 2 aliphatic rings. The van der Waals surface area contributed by atoms with Crippen LogP contribution in [0.25, 0.3) is 11.5 Å². The molecule has 2 aromatic heterocycles. The summed E-state index contributed by atoms with van der Waals surface area (Å²) in [6.45, 7) is 0.592. The fraction of sp³-hybridized carbons (Fsp3) is 0.444. The average molecular weight is 354 g/mol. The van der Waals surface area contributed by atoms with Crippen LogP contribution in [0.1, 0.15) is 25.7 Å². The van der Waals surface area contributed by atoms with Gasteiger partial charge in [0.15, 0.2) is 11.3 Å². The SMILES string of the molecule is N#CC1(C(=O)N2CCC(C(=O)O)(n3ccc(-c4ccco4)n3)CC2)CC1. The molecular formula is C18H18N4O4. The second-order valence-corrected chi connectivity index (χ2v) is 6.95. The number of carbonyl (C=O) groups excluding carboxylic acids is 1. The topological polar surface area (TPSA) is 112 Å². The Hall–Kier alpha value is -3.08. The molecule has 3 heterocycles. The first-order chi connectivity index (χ1) is 12.5. The number of furan rings is 1. The van der Waals surface area contributed by atoms with Crippen LogP contribution in [0.3, 0.4) is 0 Å². The number of nitrogens with zero attached hydrogens (tertiary/aromatic N) is 4. The van der Waals surface area contributed by atoms with Crippen LogP contribution < -0.4 is 0 Å². The van der Waals surface area contributed by atoms with E-state index in [0.29, 0.717) is 37.4 Å². The Kier molecular flexibility index (Phi) is 3.61. The van der Waals surface area contributed by atoms with E-state index in [1.807, 2.05) is 0 Å². The first-order valence-electron chi connectivity index (χ1n) is 8.55. The van der Waals surface area contributed by atoms with Gasteiger partial charge in [-0.3, -0.25) is 9.48 Å². The van der Waals surface area contributed by atoms with Crippen molar-refractivity contribution in [3.8, 4) is 17.5 Å². The van der Waals surface area contributed by atoms with Gasteiger partial charge in [-0.2, -0.15) is 10.4 Å². The number of carboxylic acids is 1. The number of piperidine rings is 1. The van der Waals surface area contributed by atoms with Crippen LogP contribution in [0.2, 0.25) is 0 Å². The van der Waals surface area contributed by atoms with Gasteiger partial charge in [-0.15, -0.1) is 0 Å². The van der Waals surface area contributed by atoms with Gasteiger partial charge >= 0.3 is 5.97 Å². The summed E-state index contributed by atoms with van der Waals surface area (Å²) in [5.74, 6) is -0.572. The number of carboxylic acid groups (broad SMARTS) is 1.